The monoisotopic (exact) mass is 269 g/mol. The summed E-state index contributed by atoms with van der Waals surface area (Å²) in [4.78, 5) is 1.39. The fourth-order valence-corrected chi connectivity index (χ4v) is 2.53. The molecule has 0 spiro atoms. The molecule has 0 saturated carbocycles. The van der Waals surface area contributed by atoms with E-state index in [2.05, 4.69) is 29.8 Å². The summed E-state index contributed by atoms with van der Waals surface area (Å²) in [5.74, 6) is 0. The van der Waals surface area contributed by atoms with E-state index in [0.29, 0.717) is 0 Å². The van der Waals surface area contributed by atoms with Crippen LogP contribution in [0.15, 0.2) is 17.5 Å². The molecule has 0 fully saturated rings. The molecular weight excluding hydrogens is 242 g/mol. The van der Waals surface area contributed by atoms with E-state index in [0.717, 1.165) is 26.3 Å². The van der Waals surface area contributed by atoms with E-state index < -0.39 is 0 Å². The van der Waals surface area contributed by atoms with E-state index >= 15 is 0 Å². The van der Waals surface area contributed by atoms with Gasteiger partial charge in [0.2, 0.25) is 0 Å². The first-order valence-corrected chi connectivity index (χ1v) is 8.12. The Balaban J connectivity index is 1.73. The van der Waals surface area contributed by atoms with Crippen molar-refractivity contribution in [3.63, 3.8) is 0 Å². The standard InChI is InChI=1S/C15H27NOS/c1-2-3-4-5-6-7-11-17-12-10-16-14-15-9-8-13-18-15/h8-9,13,16H,2-7,10-12,14H2,1H3. The Kier molecular flexibility index (Phi) is 10.2. The highest BCUT2D eigenvalue weighted by Gasteiger charge is 1.93. The number of unbranched alkanes of at least 4 members (excludes halogenated alkanes) is 5. The van der Waals surface area contributed by atoms with Crippen molar-refractivity contribution in [2.24, 2.45) is 0 Å². The molecule has 3 heteroatoms. The van der Waals surface area contributed by atoms with E-state index in [1.807, 2.05) is 0 Å². The van der Waals surface area contributed by atoms with Crippen LogP contribution in [-0.2, 0) is 11.3 Å². The Hall–Kier alpha value is -0.380. The molecule has 0 aliphatic carbocycles. The molecule has 0 unspecified atom stereocenters. The van der Waals surface area contributed by atoms with Crippen LogP contribution in [0.5, 0.6) is 0 Å². The van der Waals surface area contributed by atoms with Crippen LogP contribution in [0, 0.1) is 0 Å². The highest BCUT2D eigenvalue weighted by molar-refractivity contribution is 7.09. The fourth-order valence-electron chi connectivity index (χ4n) is 1.86. The van der Waals surface area contributed by atoms with Crippen LogP contribution in [0.3, 0.4) is 0 Å². The normalized spacial score (nSPS) is 10.9. The minimum absolute atomic E-state index is 0.834. The second-order valence-electron chi connectivity index (χ2n) is 4.64. The van der Waals surface area contributed by atoms with Crippen LogP contribution >= 0.6 is 11.3 Å². The van der Waals surface area contributed by atoms with Crippen LogP contribution in [0.1, 0.15) is 50.3 Å². The first kappa shape index (κ1) is 15.7. The van der Waals surface area contributed by atoms with Gasteiger partial charge < -0.3 is 10.1 Å². The number of hydrogen-bond donors (Lipinski definition) is 1. The second kappa shape index (κ2) is 11.7. The summed E-state index contributed by atoms with van der Waals surface area (Å²) in [6.45, 7) is 5.94. The maximum absolute atomic E-state index is 5.60. The number of rotatable bonds is 12. The molecule has 1 aromatic rings. The van der Waals surface area contributed by atoms with Gasteiger partial charge >= 0.3 is 0 Å². The van der Waals surface area contributed by atoms with E-state index in [4.69, 9.17) is 4.74 Å². The SMILES string of the molecule is CCCCCCCCOCCNCc1cccs1. The van der Waals surface area contributed by atoms with Gasteiger partial charge in [0.15, 0.2) is 0 Å². The molecule has 1 N–H and O–H groups in total. The van der Waals surface area contributed by atoms with Crippen molar-refractivity contribution in [3.05, 3.63) is 22.4 Å². The third-order valence-corrected chi connectivity index (χ3v) is 3.82. The smallest absolute Gasteiger partial charge is 0.0591 e. The summed E-state index contributed by atoms with van der Waals surface area (Å²) < 4.78 is 5.60. The van der Waals surface area contributed by atoms with Gasteiger partial charge in [0.1, 0.15) is 0 Å². The molecule has 1 heterocycles. The molecule has 0 saturated heterocycles. The molecule has 104 valence electrons. The molecule has 0 aliphatic rings. The molecule has 1 rings (SSSR count). The first-order valence-electron chi connectivity index (χ1n) is 7.24. The molecule has 0 aliphatic heterocycles. The second-order valence-corrected chi connectivity index (χ2v) is 5.67. The van der Waals surface area contributed by atoms with Crippen LogP contribution in [-0.4, -0.2) is 19.8 Å². The van der Waals surface area contributed by atoms with Crippen molar-refractivity contribution in [1.29, 1.82) is 0 Å². The van der Waals surface area contributed by atoms with Gasteiger partial charge in [-0.2, -0.15) is 0 Å². The van der Waals surface area contributed by atoms with Crippen molar-refractivity contribution in [3.8, 4) is 0 Å². The van der Waals surface area contributed by atoms with Gasteiger partial charge in [-0.1, -0.05) is 45.1 Å². The van der Waals surface area contributed by atoms with E-state index in [9.17, 15) is 0 Å². The average molecular weight is 269 g/mol. The molecular formula is C15H27NOS. The van der Waals surface area contributed by atoms with E-state index in [1.165, 1.54) is 43.4 Å². The van der Waals surface area contributed by atoms with Gasteiger partial charge in [0.25, 0.3) is 0 Å². The maximum atomic E-state index is 5.60. The van der Waals surface area contributed by atoms with Gasteiger partial charge in [-0.15, -0.1) is 11.3 Å². The molecule has 0 aromatic carbocycles. The third kappa shape index (κ3) is 8.67. The van der Waals surface area contributed by atoms with Crippen LogP contribution in [0.2, 0.25) is 0 Å². The lowest BCUT2D eigenvalue weighted by molar-refractivity contribution is 0.131. The zero-order valence-corrected chi connectivity index (χ0v) is 12.4. The molecule has 0 amide bonds. The Morgan fingerprint density at radius 2 is 1.94 bits per heavy atom. The summed E-state index contributed by atoms with van der Waals surface area (Å²) in [6, 6.07) is 4.26. The predicted molar refractivity (Wildman–Crippen MR) is 80.2 cm³/mol. The highest BCUT2D eigenvalue weighted by Crippen LogP contribution is 2.07. The first-order chi connectivity index (χ1) is 8.93. The van der Waals surface area contributed by atoms with Crippen molar-refractivity contribution < 1.29 is 4.74 Å². The largest absolute Gasteiger partial charge is 0.380 e. The van der Waals surface area contributed by atoms with Gasteiger partial charge in [-0.25, -0.2) is 0 Å². The Morgan fingerprint density at radius 3 is 2.72 bits per heavy atom. The minimum atomic E-state index is 0.834. The third-order valence-electron chi connectivity index (χ3n) is 2.94. The lowest BCUT2D eigenvalue weighted by Gasteiger charge is -2.05. The zero-order valence-electron chi connectivity index (χ0n) is 11.6. The minimum Gasteiger partial charge on any atom is -0.380 e. The van der Waals surface area contributed by atoms with Crippen molar-refractivity contribution in [2.75, 3.05) is 19.8 Å². The Labute approximate surface area is 116 Å². The van der Waals surface area contributed by atoms with Crippen molar-refractivity contribution >= 4 is 11.3 Å². The fraction of sp³-hybridized carbons (Fsp3) is 0.733. The lowest BCUT2D eigenvalue weighted by Crippen LogP contribution is -2.18. The summed E-state index contributed by atoms with van der Waals surface area (Å²) >= 11 is 1.80. The molecule has 2 nitrogen and oxygen atoms in total. The topological polar surface area (TPSA) is 21.3 Å². The molecule has 18 heavy (non-hydrogen) atoms. The zero-order chi connectivity index (χ0) is 12.9. The van der Waals surface area contributed by atoms with Crippen LogP contribution < -0.4 is 5.32 Å². The summed E-state index contributed by atoms with van der Waals surface area (Å²) in [6.07, 6.45) is 8.00. The summed E-state index contributed by atoms with van der Waals surface area (Å²) in [5.41, 5.74) is 0. The number of thiophene rings is 1. The molecule has 0 atom stereocenters. The van der Waals surface area contributed by atoms with Gasteiger partial charge in [0.05, 0.1) is 6.61 Å². The molecule has 1 aromatic heterocycles. The molecule has 0 radical (unpaired) electrons. The Bertz CT molecular complexity index is 261. The average Bonchev–Trinajstić information content (AvgIpc) is 2.89. The Morgan fingerprint density at radius 1 is 1.11 bits per heavy atom. The highest BCUT2D eigenvalue weighted by atomic mass is 32.1. The van der Waals surface area contributed by atoms with Gasteiger partial charge in [0, 0.05) is 24.6 Å². The van der Waals surface area contributed by atoms with Gasteiger partial charge in [-0.05, 0) is 17.9 Å². The molecule has 0 bridgehead atoms. The van der Waals surface area contributed by atoms with Gasteiger partial charge in [-0.3, -0.25) is 0 Å². The number of nitrogens with one attached hydrogen (secondary N) is 1. The number of hydrogen-bond acceptors (Lipinski definition) is 3. The van der Waals surface area contributed by atoms with Crippen LogP contribution in [0.25, 0.3) is 0 Å². The van der Waals surface area contributed by atoms with E-state index in [-0.39, 0.29) is 0 Å². The predicted octanol–water partition coefficient (Wildman–Crippen LogP) is 4.21. The van der Waals surface area contributed by atoms with E-state index in [1.54, 1.807) is 11.3 Å². The van der Waals surface area contributed by atoms with Crippen LogP contribution in [0.4, 0.5) is 0 Å². The number of ether oxygens (including phenoxy) is 1. The van der Waals surface area contributed by atoms with Crippen molar-refractivity contribution in [2.45, 2.75) is 52.0 Å². The maximum Gasteiger partial charge on any atom is 0.0591 e. The lowest BCUT2D eigenvalue weighted by atomic mass is 10.1. The summed E-state index contributed by atoms with van der Waals surface area (Å²) in [5, 5.41) is 5.51. The quantitative estimate of drug-likeness (QED) is 0.574. The van der Waals surface area contributed by atoms with Crippen molar-refractivity contribution in [1.82, 2.24) is 5.32 Å². The summed E-state index contributed by atoms with van der Waals surface area (Å²) in [7, 11) is 0.